The number of carbonyl (C=O) groups excluding carboxylic acids is 3. The number of amides is 3. The van der Waals surface area contributed by atoms with Gasteiger partial charge in [-0.05, 0) is 47.5 Å². The number of rotatable bonds is 7. The quantitative estimate of drug-likeness (QED) is 0.488. The number of hydrogen-bond donors (Lipinski definition) is 3. The number of fused-ring (bicyclic) bond motifs is 1. The fraction of sp³-hybridized carbons (Fsp3) is 0.174. The zero-order valence-corrected chi connectivity index (χ0v) is 17.7. The van der Waals surface area contributed by atoms with E-state index in [1.165, 1.54) is 0 Å². The number of hydrogen-bond acceptors (Lipinski definition) is 4. The molecule has 160 valence electrons. The number of carbonyl (C=O) groups is 3. The Morgan fingerprint density at radius 1 is 0.839 bits per heavy atom. The van der Waals surface area contributed by atoms with E-state index in [1.807, 2.05) is 36.4 Å². The van der Waals surface area contributed by atoms with Crippen LogP contribution < -0.4 is 20.9 Å². The van der Waals surface area contributed by atoms with E-state index in [-0.39, 0.29) is 25.4 Å². The maximum atomic E-state index is 12.0. The molecule has 3 rings (SSSR count). The van der Waals surface area contributed by atoms with Gasteiger partial charge in [0.25, 0.3) is 5.91 Å². The van der Waals surface area contributed by atoms with Crippen molar-refractivity contribution >= 4 is 45.8 Å². The third kappa shape index (κ3) is 6.45. The molecule has 0 aromatic heterocycles. The summed E-state index contributed by atoms with van der Waals surface area (Å²) >= 11 is 6.02. The Kier molecular flexibility index (Phi) is 7.45. The lowest BCUT2D eigenvalue weighted by atomic mass is 10.1. The maximum absolute atomic E-state index is 12.0. The first-order chi connectivity index (χ1) is 14.9. The summed E-state index contributed by atoms with van der Waals surface area (Å²) in [6.07, 6.45) is -0.126. The lowest BCUT2D eigenvalue weighted by molar-refractivity contribution is -0.130. The third-order valence-electron chi connectivity index (χ3n) is 4.55. The van der Waals surface area contributed by atoms with Crippen LogP contribution in [0.5, 0.6) is 5.75 Å². The summed E-state index contributed by atoms with van der Waals surface area (Å²) in [7, 11) is 0. The van der Waals surface area contributed by atoms with Gasteiger partial charge < -0.3 is 10.1 Å². The van der Waals surface area contributed by atoms with E-state index in [4.69, 9.17) is 16.3 Å². The van der Waals surface area contributed by atoms with Crippen molar-refractivity contribution in [2.75, 3.05) is 11.9 Å². The smallest absolute Gasteiger partial charge is 0.276 e. The minimum atomic E-state index is -0.513. The largest absolute Gasteiger partial charge is 0.484 e. The molecule has 0 aliphatic heterocycles. The van der Waals surface area contributed by atoms with E-state index < -0.39 is 11.8 Å². The highest BCUT2D eigenvalue weighted by molar-refractivity contribution is 6.31. The highest BCUT2D eigenvalue weighted by Gasteiger charge is 2.11. The molecule has 0 saturated carbocycles. The van der Waals surface area contributed by atoms with Crippen molar-refractivity contribution in [3.05, 3.63) is 71.2 Å². The number of anilines is 1. The second kappa shape index (κ2) is 10.4. The second-order valence-corrected chi connectivity index (χ2v) is 7.26. The molecule has 0 aliphatic carbocycles. The molecule has 0 atom stereocenters. The highest BCUT2D eigenvalue weighted by Crippen LogP contribution is 2.23. The average Bonchev–Trinajstić information content (AvgIpc) is 2.77. The summed E-state index contributed by atoms with van der Waals surface area (Å²) in [5, 5.41) is 5.33. The van der Waals surface area contributed by atoms with Crippen LogP contribution in [0.25, 0.3) is 10.8 Å². The molecular weight excluding hydrogens is 418 g/mol. The minimum absolute atomic E-state index is 0.0404. The van der Waals surface area contributed by atoms with Gasteiger partial charge in [-0.3, -0.25) is 25.2 Å². The molecule has 0 fully saturated rings. The molecule has 8 heteroatoms. The van der Waals surface area contributed by atoms with Crippen LogP contribution in [0.2, 0.25) is 5.02 Å². The number of halogens is 1. The fourth-order valence-electron chi connectivity index (χ4n) is 2.83. The Bertz CT molecular complexity index is 1120. The first-order valence-corrected chi connectivity index (χ1v) is 10.0. The molecule has 0 bridgehead atoms. The topological polar surface area (TPSA) is 96.5 Å². The van der Waals surface area contributed by atoms with Crippen molar-refractivity contribution in [1.29, 1.82) is 0 Å². The van der Waals surface area contributed by atoms with Crippen molar-refractivity contribution in [3.8, 4) is 5.75 Å². The Morgan fingerprint density at radius 3 is 2.35 bits per heavy atom. The third-order valence-corrected chi connectivity index (χ3v) is 4.96. The van der Waals surface area contributed by atoms with Crippen LogP contribution in [0, 0.1) is 6.92 Å². The predicted molar refractivity (Wildman–Crippen MR) is 120 cm³/mol. The molecule has 0 aliphatic rings. The van der Waals surface area contributed by atoms with Gasteiger partial charge in [0.1, 0.15) is 5.75 Å². The molecule has 7 nitrogen and oxygen atoms in total. The molecule has 0 spiro atoms. The number of hydrazine groups is 1. The number of ether oxygens (including phenoxy) is 1. The molecule has 3 aromatic rings. The minimum Gasteiger partial charge on any atom is -0.484 e. The maximum Gasteiger partial charge on any atom is 0.276 e. The number of nitrogens with one attached hydrogen (secondary N) is 3. The van der Waals surface area contributed by atoms with E-state index >= 15 is 0 Å². The summed E-state index contributed by atoms with van der Waals surface area (Å²) in [5.74, 6) is -0.780. The standard InChI is InChI=1S/C23H22ClN3O4/c1-15-19(24)7-4-8-20(15)25-21(28)11-12-22(29)26-27-23(30)14-31-18-10-9-16-5-2-3-6-17(16)13-18/h2-10,13H,11-12,14H2,1H3,(H,25,28)(H,26,29)(H,27,30). The molecule has 0 heterocycles. The van der Waals surface area contributed by atoms with Crippen LogP contribution in [0.1, 0.15) is 18.4 Å². The van der Waals surface area contributed by atoms with Crippen molar-refractivity contribution < 1.29 is 19.1 Å². The van der Waals surface area contributed by atoms with E-state index in [1.54, 1.807) is 31.2 Å². The molecule has 0 saturated heterocycles. The van der Waals surface area contributed by atoms with Crippen molar-refractivity contribution in [1.82, 2.24) is 10.9 Å². The van der Waals surface area contributed by atoms with Crippen LogP contribution in [-0.2, 0) is 14.4 Å². The van der Waals surface area contributed by atoms with Crippen LogP contribution >= 0.6 is 11.6 Å². The monoisotopic (exact) mass is 439 g/mol. The Balaban J connectivity index is 1.37. The molecule has 0 radical (unpaired) electrons. The van der Waals surface area contributed by atoms with Crippen LogP contribution in [-0.4, -0.2) is 24.3 Å². The Hall–Kier alpha value is -3.58. The van der Waals surface area contributed by atoms with Gasteiger partial charge in [0.2, 0.25) is 11.8 Å². The predicted octanol–water partition coefficient (Wildman–Crippen LogP) is 3.75. The van der Waals surface area contributed by atoms with Gasteiger partial charge in [-0.1, -0.05) is 48.0 Å². The van der Waals surface area contributed by atoms with Crippen LogP contribution in [0.15, 0.2) is 60.7 Å². The van der Waals surface area contributed by atoms with E-state index in [0.29, 0.717) is 16.5 Å². The van der Waals surface area contributed by atoms with Gasteiger partial charge in [0, 0.05) is 23.6 Å². The van der Waals surface area contributed by atoms with Gasteiger partial charge in [-0.15, -0.1) is 0 Å². The SMILES string of the molecule is Cc1c(Cl)cccc1NC(=O)CCC(=O)NNC(=O)COc1ccc2ccccc2c1. The van der Waals surface area contributed by atoms with Gasteiger partial charge in [0.05, 0.1) is 0 Å². The Morgan fingerprint density at radius 2 is 1.55 bits per heavy atom. The first kappa shape index (κ1) is 22.1. The van der Waals surface area contributed by atoms with Gasteiger partial charge in [-0.2, -0.15) is 0 Å². The van der Waals surface area contributed by atoms with Crippen molar-refractivity contribution in [3.63, 3.8) is 0 Å². The first-order valence-electron chi connectivity index (χ1n) is 9.66. The summed E-state index contributed by atoms with van der Waals surface area (Å²) in [6, 6.07) is 18.5. The normalized spacial score (nSPS) is 10.4. The summed E-state index contributed by atoms with van der Waals surface area (Å²) in [5.41, 5.74) is 5.88. The van der Waals surface area contributed by atoms with Gasteiger partial charge >= 0.3 is 0 Å². The summed E-state index contributed by atoms with van der Waals surface area (Å²) in [4.78, 5) is 35.8. The summed E-state index contributed by atoms with van der Waals surface area (Å²) in [6.45, 7) is 1.54. The highest BCUT2D eigenvalue weighted by atomic mass is 35.5. The Labute approximate surface area is 184 Å². The molecule has 3 aromatic carbocycles. The molecule has 3 amide bonds. The van der Waals surface area contributed by atoms with E-state index in [0.717, 1.165) is 16.3 Å². The molecule has 0 unspecified atom stereocenters. The zero-order chi connectivity index (χ0) is 22.2. The molecule has 3 N–H and O–H groups in total. The molecular formula is C23H22ClN3O4. The van der Waals surface area contributed by atoms with Crippen LogP contribution in [0.3, 0.4) is 0 Å². The average molecular weight is 440 g/mol. The fourth-order valence-corrected chi connectivity index (χ4v) is 3.00. The van der Waals surface area contributed by atoms with Crippen LogP contribution in [0.4, 0.5) is 5.69 Å². The zero-order valence-electron chi connectivity index (χ0n) is 16.9. The molecule has 31 heavy (non-hydrogen) atoms. The lowest BCUT2D eigenvalue weighted by Crippen LogP contribution is -2.44. The second-order valence-electron chi connectivity index (χ2n) is 6.85. The summed E-state index contributed by atoms with van der Waals surface area (Å²) < 4.78 is 5.46. The number of benzene rings is 3. The van der Waals surface area contributed by atoms with Gasteiger partial charge in [0.15, 0.2) is 6.61 Å². The van der Waals surface area contributed by atoms with E-state index in [2.05, 4.69) is 16.2 Å². The van der Waals surface area contributed by atoms with E-state index in [9.17, 15) is 14.4 Å². The van der Waals surface area contributed by atoms with Crippen molar-refractivity contribution in [2.45, 2.75) is 19.8 Å². The van der Waals surface area contributed by atoms with Crippen molar-refractivity contribution in [2.24, 2.45) is 0 Å². The lowest BCUT2D eigenvalue weighted by Gasteiger charge is -2.10. The van der Waals surface area contributed by atoms with Gasteiger partial charge in [-0.25, -0.2) is 0 Å².